The van der Waals surface area contributed by atoms with Crippen LogP contribution in [-0.2, 0) is 26.5 Å². The maximum atomic E-state index is 13.4. The maximum absolute atomic E-state index is 13.4. The first-order valence-electron chi connectivity index (χ1n) is 9.46. The summed E-state index contributed by atoms with van der Waals surface area (Å²) in [6.07, 6.45) is -1.30. The molecule has 7 nitrogen and oxygen atoms in total. The molecule has 2 aromatic heterocycles. The molecule has 0 saturated heterocycles. The summed E-state index contributed by atoms with van der Waals surface area (Å²) in [5.41, 5.74) is 0.567. The number of carbonyl (C=O) groups excluding carboxylic acids is 2. The number of benzene rings is 1. The van der Waals surface area contributed by atoms with Gasteiger partial charge in [-0.1, -0.05) is 25.1 Å². The van der Waals surface area contributed by atoms with Crippen molar-refractivity contribution >= 4 is 22.7 Å². The number of aliphatic hydroxyl groups is 1. The minimum atomic E-state index is -1.98. The largest absolute Gasteiger partial charge is 0.447 e. The highest BCUT2D eigenvalue weighted by molar-refractivity contribution is 5.92. The molecule has 1 aromatic carbocycles. The number of para-hydroxylation sites is 1. The van der Waals surface area contributed by atoms with Crippen molar-refractivity contribution in [3.8, 4) is 11.4 Å². The molecule has 7 heteroatoms. The standard InChI is InChI=1S/C22H18N2O5/c1-3-22(28)14-9-16-18-13(8-12-6-4-5-7-15(12)23-18)10-24(16)20(26)17(14)19(11(2)25)29-21(22)27/h4-9,19,28H,3,10H2,1-2H3/t19?,22-/m0/s1. The Kier molecular flexibility index (Phi) is 3.58. The Morgan fingerprint density at radius 1 is 1.31 bits per heavy atom. The van der Waals surface area contributed by atoms with Crippen LogP contribution in [0.4, 0.5) is 0 Å². The van der Waals surface area contributed by atoms with Gasteiger partial charge >= 0.3 is 5.97 Å². The Bertz CT molecular complexity index is 1290. The highest BCUT2D eigenvalue weighted by atomic mass is 16.6. The molecule has 5 rings (SSSR count). The van der Waals surface area contributed by atoms with Crippen LogP contribution in [0.25, 0.3) is 22.3 Å². The lowest BCUT2D eigenvalue weighted by molar-refractivity contribution is -0.180. The molecule has 0 radical (unpaired) electrons. The predicted molar refractivity (Wildman–Crippen MR) is 104 cm³/mol. The number of hydrogen-bond donors (Lipinski definition) is 1. The normalized spacial score (nSPS) is 22.0. The van der Waals surface area contributed by atoms with Crippen LogP contribution in [0.1, 0.15) is 43.1 Å². The molecule has 0 aliphatic carbocycles. The Morgan fingerprint density at radius 2 is 2.07 bits per heavy atom. The number of aromatic nitrogens is 2. The van der Waals surface area contributed by atoms with E-state index in [2.05, 4.69) is 0 Å². The second kappa shape index (κ2) is 5.84. The van der Waals surface area contributed by atoms with E-state index in [1.165, 1.54) is 11.5 Å². The molecule has 0 fully saturated rings. The summed E-state index contributed by atoms with van der Waals surface area (Å²) in [7, 11) is 0. The van der Waals surface area contributed by atoms with Gasteiger partial charge in [0.2, 0.25) is 0 Å². The van der Waals surface area contributed by atoms with Gasteiger partial charge in [0.25, 0.3) is 5.56 Å². The third-order valence-corrected chi connectivity index (χ3v) is 5.86. The van der Waals surface area contributed by atoms with Gasteiger partial charge in [-0.15, -0.1) is 0 Å². The molecular formula is C22H18N2O5. The van der Waals surface area contributed by atoms with Crippen LogP contribution < -0.4 is 5.56 Å². The number of carbonyl (C=O) groups is 2. The number of rotatable bonds is 2. The van der Waals surface area contributed by atoms with E-state index in [0.29, 0.717) is 17.9 Å². The van der Waals surface area contributed by atoms with Gasteiger partial charge in [-0.2, -0.15) is 0 Å². The molecule has 29 heavy (non-hydrogen) atoms. The molecule has 2 aliphatic heterocycles. The molecule has 4 heterocycles. The summed E-state index contributed by atoms with van der Waals surface area (Å²) in [4.78, 5) is 42.7. The van der Waals surface area contributed by atoms with Gasteiger partial charge in [0, 0.05) is 16.5 Å². The van der Waals surface area contributed by atoms with Gasteiger partial charge < -0.3 is 14.4 Å². The van der Waals surface area contributed by atoms with Crippen molar-refractivity contribution in [2.75, 3.05) is 0 Å². The summed E-state index contributed by atoms with van der Waals surface area (Å²) in [5.74, 6) is -1.38. The monoisotopic (exact) mass is 390 g/mol. The van der Waals surface area contributed by atoms with Gasteiger partial charge in [-0.3, -0.25) is 9.59 Å². The van der Waals surface area contributed by atoms with E-state index in [1.54, 1.807) is 13.0 Å². The number of esters is 1. The second-order valence-corrected chi connectivity index (χ2v) is 7.55. The topological polar surface area (TPSA) is 98.5 Å². The van der Waals surface area contributed by atoms with E-state index in [1.807, 2.05) is 30.3 Å². The fourth-order valence-electron chi connectivity index (χ4n) is 4.28. The average molecular weight is 390 g/mol. The lowest BCUT2D eigenvalue weighted by atomic mass is 9.83. The van der Waals surface area contributed by atoms with Crippen LogP contribution in [0.3, 0.4) is 0 Å². The summed E-state index contributed by atoms with van der Waals surface area (Å²) >= 11 is 0. The van der Waals surface area contributed by atoms with E-state index in [-0.39, 0.29) is 17.5 Å². The number of ether oxygens (including phenoxy) is 1. The van der Waals surface area contributed by atoms with E-state index in [0.717, 1.165) is 16.5 Å². The van der Waals surface area contributed by atoms with Gasteiger partial charge in [0.1, 0.15) is 0 Å². The number of ketones is 1. The Labute approximate surface area is 165 Å². The van der Waals surface area contributed by atoms with Crippen LogP contribution >= 0.6 is 0 Å². The molecule has 2 aliphatic rings. The molecule has 146 valence electrons. The predicted octanol–water partition coefficient (Wildman–Crippen LogP) is 2.21. The third kappa shape index (κ3) is 2.28. The Balaban J connectivity index is 1.83. The minimum Gasteiger partial charge on any atom is -0.447 e. The molecule has 0 amide bonds. The molecular weight excluding hydrogens is 372 g/mol. The molecule has 2 atom stereocenters. The zero-order chi connectivity index (χ0) is 20.5. The van der Waals surface area contributed by atoms with E-state index < -0.39 is 29.0 Å². The maximum Gasteiger partial charge on any atom is 0.343 e. The van der Waals surface area contributed by atoms with Crippen molar-refractivity contribution in [2.24, 2.45) is 0 Å². The lowest BCUT2D eigenvalue weighted by Crippen LogP contribution is -2.47. The first-order chi connectivity index (χ1) is 13.8. The lowest BCUT2D eigenvalue weighted by Gasteiger charge is -2.35. The van der Waals surface area contributed by atoms with Crippen molar-refractivity contribution in [1.29, 1.82) is 0 Å². The number of Topliss-reactive ketones (excluding diaryl/α,β-unsaturated/α-hetero) is 1. The SMILES string of the molecule is CC[C@@]1(O)C(=O)OC(C(C)=O)c2c1cc1n(c2=O)Cc2cc3ccccc3nc2-1. The summed E-state index contributed by atoms with van der Waals surface area (Å²) in [5, 5.41) is 12.0. The quantitative estimate of drug-likeness (QED) is 0.527. The van der Waals surface area contributed by atoms with Crippen molar-refractivity contribution in [3.05, 3.63) is 63.4 Å². The fraction of sp³-hybridized carbons (Fsp3) is 0.273. The first-order valence-corrected chi connectivity index (χ1v) is 9.46. The molecule has 1 unspecified atom stereocenters. The summed E-state index contributed by atoms with van der Waals surface area (Å²) in [6, 6.07) is 11.3. The number of pyridine rings is 2. The number of cyclic esters (lactones) is 1. The van der Waals surface area contributed by atoms with E-state index >= 15 is 0 Å². The van der Waals surface area contributed by atoms with Gasteiger partial charge in [0.15, 0.2) is 17.5 Å². The molecule has 0 spiro atoms. The van der Waals surface area contributed by atoms with Crippen LogP contribution in [0.5, 0.6) is 0 Å². The smallest absolute Gasteiger partial charge is 0.343 e. The van der Waals surface area contributed by atoms with Crippen LogP contribution in [-0.4, -0.2) is 26.4 Å². The zero-order valence-electron chi connectivity index (χ0n) is 15.9. The molecule has 3 aromatic rings. The molecule has 1 N–H and O–H groups in total. The van der Waals surface area contributed by atoms with Gasteiger partial charge in [0.05, 0.1) is 29.0 Å². The van der Waals surface area contributed by atoms with Crippen LogP contribution in [0.15, 0.2) is 41.2 Å². The molecule has 0 saturated carbocycles. The Hall–Kier alpha value is -3.32. The minimum absolute atomic E-state index is 0.0182. The summed E-state index contributed by atoms with van der Waals surface area (Å²) in [6.45, 7) is 3.19. The van der Waals surface area contributed by atoms with Crippen molar-refractivity contribution in [3.63, 3.8) is 0 Å². The second-order valence-electron chi connectivity index (χ2n) is 7.55. The van der Waals surface area contributed by atoms with Crippen LogP contribution in [0.2, 0.25) is 0 Å². The van der Waals surface area contributed by atoms with Gasteiger partial charge in [-0.25, -0.2) is 9.78 Å². The highest BCUT2D eigenvalue weighted by Gasteiger charge is 2.50. The van der Waals surface area contributed by atoms with Gasteiger partial charge in [-0.05, 0) is 31.5 Å². The fourth-order valence-corrected chi connectivity index (χ4v) is 4.28. The third-order valence-electron chi connectivity index (χ3n) is 5.86. The summed E-state index contributed by atoms with van der Waals surface area (Å²) < 4.78 is 6.72. The van der Waals surface area contributed by atoms with Crippen molar-refractivity contribution in [2.45, 2.75) is 38.5 Å². The first kappa shape index (κ1) is 17.8. The molecule has 0 bridgehead atoms. The average Bonchev–Trinajstić information content (AvgIpc) is 3.07. The highest BCUT2D eigenvalue weighted by Crippen LogP contribution is 2.42. The van der Waals surface area contributed by atoms with Crippen LogP contribution in [0, 0.1) is 0 Å². The number of hydrogen-bond acceptors (Lipinski definition) is 6. The van der Waals surface area contributed by atoms with Crippen molar-refractivity contribution in [1.82, 2.24) is 9.55 Å². The van der Waals surface area contributed by atoms with E-state index in [9.17, 15) is 19.5 Å². The Morgan fingerprint density at radius 3 is 2.79 bits per heavy atom. The van der Waals surface area contributed by atoms with E-state index in [4.69, 9.17) is 9.72 Å². The zero-order valence-corrected chi connectivity index (χ0v) is 15.9. The number of fused-ring (bicyclic) bond motifs is 5. The van der Waals surface area contributed by atoms with Crippen molar-refractivity contribution < 1.29 is 19.4 Å². The number of nitrogens with zero attached hydrogens (tertiary/aromatic N) is 2.